The first-order chi connectivity index (χ1) is 9.16. The van der Waals surface area contributed by atoms with Crippen molar-refractivity contribution in [3.63, 3.8) is 0 Å². The van der Waals surface area contributed by atoms with Gasteiger partial charge in [-0.25, -0.2) is 0 Å². The average molecular weight is 268 g/mol. The topological polar surface area (TPSA) is 26.3 Å². The third-order valence-electron chi connectivity index (χ3n) is 3.23. The van der Waals surface area contributed by atoms with E-state index in [1.54, 1.807) is 13.0 Å². The smallest absolute Gasteiger partial charge is 0.155 e. The fourth-order valence-corrected chi connectivity index (χ4v) is 2.15. The Labute approximate surface area is 119 Å². The summed E-state index contributed by atoms with van der Waals surface area (Å²) in [5.74, 6) is 0.795. The highest BCUT2D eigenvalue weighted by Crippen LogP contribution is 2.10. The van der Waals surface area contributed by atoms with Gasteiger partial charge in [-0.3, -0.25) is 4.79 Å². The van der Waals surface area contributed by atoms with Gasteiger partial charge in [0.05, 0.1) is 12.4 Å². The fraction of sp³-hybridized carbons (Fsp3) is 0.824. The van der Waals surface area contributed by atoms with Crippen LogP contribution in [0.4, 0.5) is 0 Å². The van der Waals surface area contributed by atoms with Gasteiger partial charge in [-0.1, -0.05) is 64.7 Å². The molecule has 0 rings (SSSR count). The largest absolute Gasteiger partial charge is 0.498 e. The number of unbranched alkanes of at least 4 members (excludes halogenated alkanes) is 9. The predicted molar refractivity (Wildman–Crippen MR) is 82.2 cm³/mol. The molecular formula is C17H32O2. The van der Waals surface area contributed by atoms with Crippen molar-refractivity contribution >= 4 is 5.78 Å². The summed E-state index contributed by atoms with van der Waals surface area (Å²) in [6.07, 6.45) is 14.9. The van der Waals surface area contributed by atoms with Crippen molar-refractivity contribution in [2.75, 3.05) is 6.61 Å². The van der Waals surface area contributed by atoms with Crippen molar-refractivity contribution in [1.29, 1.82) is 0 Å². The zero-order chi connectivity index (χ0) is 14.3. The molecule has 0 bridgehead atoms. The fourth-order valence-electron chi connectivity index (χ4n) is 2.15. The van der Waals surface area contributed by atoms with E-state index < -0.39 is 0 Å². The lowest BCUT2D eigenvalue weighted by Crippen LogP contribution is -1.95. The van der Waals surface area contributed by atoms with Crippen LogP contribution in [0.15, 0.2) is 11.8 Å². The molecule has 0 N–H and O–H groups in total. The normalized spacial score (nSPS) is 11.6. The number of ketones is 1. The summed E-state index contributed by atoms with van der Waals surface area (Å²) in [5, 5.41) is 0. The molecule has 0 aliphatic carbocycles. The molecule has 2 nitrogen and oxygen atoms in total. The summed E-state index contributed by atoms with van der Waals surface area (Å²) in [4.78, 5) is 10.8. The van der Waals surface area contributed by atoms with Gasteiger partial charge in [-0.05, 0) is 20.3 Å². The molecule has 0 spiro atoms. The quantitative estimate of drug-likeness (QED) is 0.253. The van der Waals surface area contributed by atoms with Crippen LogP contribution in [0.1, 0.15) is 85.0 Å². The van der Waals surface area contributed by atoms with Gasteiger partial charge in [0.2, 0.25) is 0 Å². The highest BCUT2D eigenvalue weighted by Gasteiger charge is 1.95. The van der Waals surface area contributed by atoms with E-state index >= 15 is 0 Å². The molecule has 0 amide bonds. The van der Waals surface area contributed by atoms with Crippen molar-refractivity contribution in [3.8, 4) is 0 Å². The second kappa shape index (κ2) is 13.6. The Morgan fingerprint density at radius 2 is 1.32 bits per heavy atom. The molecular weight excluding hydrogens is 236 g/mol. The Bertz CT molecular complexity index is 244. The van der Waals surface area contributed by atoms with E-state index in [2.05, 4.69) is 6.92 Å². The molecule has 0 aromatic carbocycles. The highest BCUT2D eigenvalue weighted by atomic mass is 16.5. The third-order valence-corrected chi connectivity index (χ3v) is 3.23. The van der Waals surface area contributed by atoms with Crippen molar-refractivity contribution in [1.82, 2.24) is 0 Å². The zero-order valence-corrected chi connectivity index (χ0v) is 13.2. The highest BCUT2D eigenvalue weighted by molar-refractivity contribution is 5.87. The van der Waals surface area contributed by atoms with Gasteiger partial charge in [0.1, 0.15) is 0 Å². The van der Waals surface area contributed by atoms with Crippen LogP contribution < -0.4 is 0 Å². The van der Waals surface area contributed by atoms with Crippen LogP contribution in [0.2, 0.25) is 0 Å². The number of carbonyl (C=O) groups excluding carboxylic acids is 1. The molecule has 0 aliphatic rings. The number of hydrogen-bond acceptors (Lipinski definition) is 2. The van der Waals surface area contributed by atoms with E-state index in [1.807, 2.05) is 6.92 Å². The Hall–Kier alpha value is -0.790. The Balaban J connectivity index is 3.17. The summed E-state index contributed by atoms with van der Waals surface area (Å²) in [6, 6.07) is 0. The van der Waals surface area contributed by atoms with E-state index in [0.29, 0.717) is 0 Å². The number of hydrogen-bond donors (Lipinski definition) is 0. The summed E-state index contributed by atoms with van der Waals surface area (Å²) in [7, 11) is 0. The standard InChI is InChI=1S/C17H32O2/c1-4-5-6-7-8-9-10-11-12-13-14-19-17(3)15-16(2)18/h15H,4-14H2,1-3H3/b17-15-. The van der Waals surface area contributed by atoms with Gasteiger partial charge >= 0.3 is 0 Å². The van der Waals surface area contributed by atoms with E-state index in [1.165, 1.54) is 57.8 Å². The number of allylic oxidation sites excluding steroid dienone is 2. The van der Waals surface area contributed by atoms with E-state index in [4.69, 9.17) is 4.74 Å². The molecule has 0 radical (unpaired) electrons. The zero-order valence-electron chi connectivity index (χ0n) is 13.2. The van der Waals surface area contributed by atoms with Crippen molar-refractivity contribution in [2.24, 2.45) is 0 Å². The summed E-state index contributed by atoms with van der Waals surface area (Å²) < 4.78 is 5.47. The molecule has 0 saturated carbocycles. The minimum atomic E-state index is 0.0561. The van der Waals surface area contributed by atoms with Crippen molar-refractivity contribution in [3.05, 3.63) is 11.8 Å². The van der Waals surface area contributed by atoms with Crippen molar-refractivity contribution < 1.29 is 9.53 Å². The molecule has 0 aliphatic heterocycles. The lowest BCUT2D eigenvalue weighted by molar-refractivity contribution is -0.112. The lowest BCUT2D eigenvalue weighted by atomic mass is 10.1. The first-order valence-electron chi connectivity index (χ1n) is 7.98. The van der Waals surface area contributed by atoms with Gasteiger partial charge in [-0.2, -0.15) is 0 Å². The molecule has 0 atom stereocenters. The van der Waals surface area contributed by atoms with Gasteiger partial charge in [-0.15, -0.1) is 0 Å². The maximum atomic E-state index is 10.8. The first-order valence-corrected chi connectivity index (χ1v) is 7.98. The number of ether oxygens (including phenoxy) is 1. The molecule has 19 heavy (non-hydrogen) atoms. The molecule has 0 aromatic rings. The Morgan fingerprint density at radius 3 is 1.79 bits per heavy atom. The molecule has 0 unspecified atom stereocenters. The van der Waals surface area contributed by atoms with Crippen molar-refractivity contribution in [2.45, 2.75) is 85.0 Å². The Kier molecular flexibility index (Phi) is 13.1. The average Bonchev–Trinajstić information content (AvgIpc) is 2.35. The second-order valence-electron chi connectivity index (χ2n) is 5.40. The maximum absolute atomic E-state index is 10.8. The Morgan fingerprint density at radius 1 is 0.842 bits per heavy atom. The molecule has 0 heterocycles. The molecule has 2 heteroatoms. The van der Waals surface area contributed by atoms with E-state index in [-0.39, 0.29) is 5.78 Å². The number of rotatable bonds is 13. The lowest BCUT2D eigenvalue weighted by Gasteiger charge is -2.05. The minimum Gasteiger partial charge on any atom is -0.498 e. The van der Waals surface area contributed by atoms with Crippen LogP contribution in [-0.2, 0) is 9.53 Å². The number of carbonyl (C=O) groups is 1. The third kappa shape index (κ3) is 15.2. The van der Waals surface area contributed by atoms with Gasteiger partial charge < -0.3 is 4.74 Å². The maximum Gasteiger partial charge on any atom is 0.155 e. The summed E-state index contributed by atoms with van der Waals surface area (Å²) >= 11 is 0. The van der Waals surface area contributed by atoms with E-state index in [0.717, 1.165) is 18.8 Å². The van der Waals surface area contributed by atoms with Gasteiger partial charge in [0.25, 0.3) is 0 Å². The summed E-state index contributed by atoms with van der Waals surface area (Å²) in [6.45, 7) is 6.40. The van der Waals surface area contributed by atoms with Crippen LogP contribution in [0.5, 0.6) is 0 Å². The molecule has 0 saturated heterocycles. The predicted octanol–water partition coefficient (Wildman–Crippen LogP) is 5.42. The SMILES string of the molecule is CCCCCCCCCCCCO/C(C)=C\C(C)=O. The van der Waals surface area contributed by atoms with Crippen LogP contribution in [-0.4, -0.2) is 12.4 Å². The van der Waals surface area contributed by atoms with E-state index in [9.17, 15) is 4.79 Å². The summed E-state index contributed by atoms with van der Waals surface area (Å²) in [5.41, 5.74) is 0. The second-order valence-corrected chi connectivity index (χ2v) is 5.40. The monoisotopic (exact) mass is 268 g/mol. The molecule has 112 valence electrons. The van der Waals surface area contributed by atoms with Crippen LogP contribution >= 0.6 is 0 Å². The molecule has 0 aromatic heterocycles. The van der Waals surface area contributed by atoms with Gasteiger partial charge in [0.15, 0.2) is 5.78 Å². The van der Waals surface area contributed by atoms with Crippen LogP contribution in [0, 0.1) is 0 Å². The van der Waals surface area contributed by atoms with Gasteiger partial charge in [0, 0.05) is 6.08 Å². The van der Waals surface area contributed by atoms with Crippen LogP contribution in [0.25, 0.3) is 0 Å². The van der Waals surface area contributed by atoms with Crippen LogP contribution in [0.3, 0.4) is 0 Å². The minimum absolute atomic E-state index is 0.0561. The molecule has 0 fully saturated rings. The first kappa shape index (κ1) is 18.2.